The number of benzene rings is 2. The molecule has 1 N–H and O–H groups in total. The summed E-state index contributed by atoms with van der Waals surface area (Å²) in [4.78, 5) is 27.2. The Hall–Kier alpha value is -1.69. The largest absolute Gasteiger partial charge is 0.354 e. The predicted molar refractivity (Wildman–Crippen MR) is 127 cm³/mol. The first-order valence-electron chi connectivity index (χ1n) is 9.96. The van der Waals surface area contributed by atoms with E-state index in [1.165, 1.54) is 11.1 Å². The molecule has 30 heavy (non-hydrogen) atoms. The van der Waals surface area contributed by atoms with Gasteiger partial charge in [-0.2, -0.15) is 0 Å². The fourth-order valence-corrected chi connectivity index (χ4v) is 4.22. The van der Waals surface area contributed by atoms with E-state index in [0.717, 1.165) is 17.7 Å². The minimum Gasteiger partial charge on any atom is -0.354 e. The molecule has 2 amide bonds. The second-order valence-electron chi connectivity index (χ2n) is 7.16. The lowest BCUT2D eigenvalue weighted by Gasteiger charge is -2.29. The summed E-state index contributed by atoms with van der Waals surface area (Å²) in [6.45, 7) is 6.69. The lowest BCUT2D eigenvalue weighted by molar-refractivity contribution is -0.138. The van der Waals surface area contributed by atoms with E-state index < -0.39 is 6.04 Å². The summed E-state index contributed by atoms with van der Waals surface area (Å²) >= 11 is 13.7. The number of hydrogen-bond acceptors (Lipinski definition) is 3. The lowest BCUT2D eigenvalue weighted by Crippen LogP contribution is -2.48. The van der Waals surface area contributed by atoms with Gasteiger partial charge in [-0.05, 0) is 49.1 Å². The Balaban J connectivity index is 2.10. The van der Waals surface area contributed by atoms with Gasteiger partial charge in [0.05, 0.1) is 15.8 Å². The van der Waals surface area contributed by atoms with Crippen molar-refractivity contribution in [2.24, 2.45) is 0 Å². The van der Waals surface area contributed by atoms with Crippen LogP contribution >= 0.6 is 35.0 Å². The topological polar surface area (TPSA) is 49.4 Å². The monoisotopic (exact) mass is 466 g/mol. The molecule has 162 valence electrons. The first-order chi connectivity index (χ1) is 14.3. The molecule has 2 aromatic carbocycles. The maximum absolute atomic E-state index is 13.1. The third-order valence-corrected chi connectivity index (χ3v) is 6.50. The van der Waals surface area contributed by atoms with Gasteiger partial charge in [0, 0.05) is 18.8 Å². The number of carbonyl (C=O) groups excluding carboxylic acids is 2. The molecule has 0 spiro atoms. The molecule has 2 aromatic rings. The third-order valence-electron chi connectivity index (χ3n) is 4.80. The van der Waals surface area contributed by atoms with E-state index in [4.69, 9.17) is 23.2 Å². The van der Waals surface area contributed by atoms with Crippen molar-refractivity contribution in [1.29, 1.82) is 0 Å². The van der Waals surface area contributed by atoms with Crippen LogP contribution in [0.1, 0.15) is 37.0 Å². The predicted octanol–water partition coefficient (Wildman–Crippen LogP) is 5.48. The number of carbonyl (C=O) groups is 2. The van der Waals surface area contributed by atoms with Crippen LogP contribution in [-0.4, -0.2) is 35.1 Å². The number of halogens is 2. The molecular weight excluding hydrogens is 439 g/mol. The van der Waals surface area contributed by atoms with Gasteiger partial charge < -0.3 is 10.2 Å². The zero-order valence-corrected chi connectivity index (χ0v) is 19.9. The van der Waals surface area contributed by atoms with Gasteiger partial charge in [-0.25, -0.2) is 0 Å². The molecule has 0 aliphatic rings. The molecule has 0 unspecified atom stereocenters. The van der Waals surface area contributed by atoms with Crippen molar-refractivity contribution >= 4 is 46.8 Å². The number of thioether (sulfide) groups is 1. The Morgan fingerprint density at radius 3 is 2.53 bits per heavy atom. The molecule has 2 rings (SSSR count). The third kappa shape index (κ3) is 7.22. The zero-order chi connectivity index (χ0) is 22.1. The summed E-state index contributed by atoms with van der Waals surface area (Å²) in [6, 6.07) is 12.8. The molecule has 0 bridgehead atoms. The highest BCUT2D eigenvalue weighted by molar-refractivity contribution is 7.99. The van der Waals surface area contributed by atoms with E-state index in [2.05, 4.69) is 24.4 Å². The summed E-state index contributed by atoms with van der Waals surface area (Å²) in [6.07, 6.45) is 0.839. The van der Waals surface area contributed by atoms with Gasteiger partial charge in [0.15, 0.2) is 0 Å². The first-order valence-corrected chi connectivity index (χ1v) is 11.9. The van der Waals surface area contributed by atoms with Crippen LogP contribution in [0, 0.1) is 6.92 Å². The molecule has 0 heterocycles. The number of rotatable bonds is 10. The van der Waals surface area contributed by atoms with Crippen molar-refractivity contribution in [3.8, 4) is 0 Å². The van der Waals surface area contributed by atoms with Crippen molar-refractivity contribution in [3.05, 3.63) is 69.2 Å². The SMILES string of the molecule is CCCNC(=O)[C@@H](C)N(Cc1ccc(Cl)c(Cl)c1)C(=O)CSCc1ccccc1C. The van der Waals surface area contributed by atoms with E-state index >= 15 is 0 Å². The van der Waals surface area contributed by atoms with Crippen molar-refractivity contribution < 1.29 is 9.59 Å². The van der Waals surface area contributed by atoms with Crippen LogP contribution in [0.15, 0.2) is 42.5 Å². The summed E-state index contributed by atoms with van der Waals surface area (Å²) < 4.78 is 0. The van der Waals surface area contributed by atoms with Crippen LogP contribution in [0.25, 0.3) is 0 Å². The number of aryl methyl sites for hydroxylation is 1. The Bertz CT molecular complexity index is 876. The van der Waals surface area contributed by atoms with Crippen LogP contribution in [0.3, 0.4) is 0 Å². The number of nitrogens with zero attached hydrogens (tertiary/aromatic N) is 1. The number of hydrogen-bond donors (Lipinski definition) is 1. The van der Waals surface area contributed by atoms with Gasteiger partial charge >= 0.3 is 0 Å². The molecule has 4 nitrogen and oxygen atoms in total. The van der Waals surface area contributed by atoms with Gasteiger partial charge in [-0.15, -0.1) is 11.8 Å². The summed E-state index contributed by atoms with van der Waals surface area (Å²) in [5, 5.41) is 3.76. The normalized spacial score (nSPS) is 11.8. The van der Waals surface area contributed by atoms with Gasteiger partial charge in [0.2, 0.25) is 11.8 Å². The van der Waals surface area contributed by atoms with Crippen LogP contribution in [-0.2, 0) is 21.9 Å². The molecule has 1 atom stereocenters. The molecule has 7 heteroatoms. The molecule has 0 fully saturated rings. The van der Waals surface area contributed by atoms with Crippen LogP contribution in [0.4, 0.5) is 0 Å². The highest BCUT2D eigenvalue weighted by Crippen LogP contribution is 2.24. The summed E-state index contributed by atoms with van der Waals surface area (Å²) in [5.74, 6) is 0.796. The highest BCUT2D eigenvalue weighted by atomic mass is 35.5. The molecule has 0 aromatic heterocycles. The average molecular weight is 467 g/mol. The number of amides is 2. The van der Waals surface area contributed by atoms with Crippen molar-refractivity contribution in [2.45, 2.75) is 45.5 Å². The molecule has 0 saturated heterocycles. The van der Waals surface area contributed by atoms with E-state index in [1.807, 2.05) is 25.1 Å². The first kappa shape index (κ1) is 24.6. The highest BCUT2D eigenvalue weighted by Gasteiger charge is 2.26. The Kier molecular flexibility index (Phi) is 10.0. The minimum atomic E-state index is -0.586. The van der Waals surface area contributed by atoms with Crippen LogP contribution < -0.4 is 5.32 Å². The Labute approximate surface area is 193 Å². The van der Waals surface area contributed by atoms with Crippen molar-refractivity contribution in [2.75, 3.05) is 12.3 Å². The van der Waals surface area contributed by atoms with Gasteiger partial charge in [0.25, 0.3) is 0 Å². The molecular formula is C23H28Cl2N2O2S. The molecule has 0 aliphatic carbocycles. The fraction of sp³-hybridized carbons (Fsp3) is 0.391. The molecule has 0 radical (unpaired) electrons. The zero-order valence-electron chi connectivity index (χ0n) is 17.6. The lowest BCUT2D eigenvalue weighted by atomic mass is 10.1. The maximum atomic E-state index is 13.1. The maximum Gasteiger partial charge on any atom is 0.242 e. The van der Waals surface area contributed by atoms with Crippen molar-refractivity contribution in [3.63, 3.8) is 0 Å². The van der Waals surface area contributed by atoms with Gasteiger partial charge in [-0.3, -0.25) is 9.59 Å². The standard InChI is InChI=1S/C23H28Cl2N2O2S/c1-4-11-26-23(29)17(3)27(13-18-9-10-20(24)21(25)12-18)22(28)15-30-14-19-8-6-5-7-16(19)2/h5-10,12,17H,4,11,13-15H2,1-3H3,(H,26,29)/t17-/m1/s1. The quantitative estimate of drug-likeness (QED) is 0.504. The van der Waals surface area contributed by atoms with Gasteiger partial charge in [0.1, 0.15) is 6.04 Å². The average Bonchev–Trinajstić information content (AvgIpc) is 2.73. The van der Waals surface area contributed by atoms with E-state index in [0.29, 0.717) is 28.9 Å². The fourth-order valence-electron chi connectivity index (χ4n) is 2.92. The Morgan fingerprint density at radius 1 is 1.13 bits per heavy atom. The number of nitrogens with one attached hydrogen (secondary N) is 1. The molecule has 0 saturated carbocycles. The van der Waals surface area contributed by atoms with Crippen LogP contribution in [0.5, 0.6) is 0 Å². The van der Waals surface area contributed by atoms with E-state index in [9.17, 15) is 9.59 Å². The smallest absolute Gasteiger partial charge is 0.242 e. The second-order valence-corrected chi connectivity index (χ2v) is 8.96. The summed E-state index contributed by atoms with van der Waals surface area (Å²) in [5.41, 5.74) is 3.24. The Morgan fingerprint density at radius 2 is 1.87 bits per heavy atom. The minimum absolute atomic E-state index is 0.0844. The van der Waals surface area contributed by atoms with Gasteiger partial charge in [-0.1, -0.05) is 60.5 Å². The van der Waals surface area contributed by atoms with E-state index in [-0.39, 0.29) is 11.8 Å². The van der Waals surface area contributed by atoms with Crippen LogP contribution in [0.2, 0.25) is 10.0 Å². The van der Waals surface area contributed by atoms with E-state index in [1.54, 1.807) is 35.7 Å². The molecule has 0 aliphatic heterocycles. The second kappa shape index (κ2) is 12.2. The van der Waals surface area contributed by atoms with Crippen molar-refractivity contribution in [1.82, 2.24) is 10.2 Å². The summed E-state index contributed by atoms with van der Waals surface area (Å²) in [7, 11) is 0.